The van der Waals surface area contributed by atoms with E-state index in [-0.39, 0.29) is 5.91 Å². The van der Waals surface area contributed by atoms with Crippen LogP contribution in [0.5, 0.6) is 0 Å². The number of carbonyl (C=O) groups excluding carboxylic acids is 1. The number of aromatic nitrogens is 2. The molecule has 6 nitrogen and oxygen atoms in total. The number of hydrogen-bond acceptors (Lipinski definition) is 5. The Kier molecular flexibility index (Phi) is 5.52. The van der Waals surface area contributed by atoms with Crippen molar-refractivity contribution in [1.82, 2.24) is 14.9 Å². The van der Waals surface area contributed by atoms with E-state index in [0.29, 0.717) is 6.04 Å². The van der Waals surface area contributed by atoms with Gasteiger partial charge in [0, 0.05) is 57.4 Å². The van der Waals surface area contributed by atoms with Crippen molar-refractivity contribution >= 4 is 17.4 Å². The largest absolute Gasteiger partial charge is 0.353 e. The number of hydrogen-bond donors (Lipinski definition) is 0. The Bertz CT molecular complexity index is 734. The van der Waals surface area contributed by atoms with Gasteiger partial charge in [0.25, 0.3) is 0 Å². The molecule has 1 aliphatic heterocycles. The van der Waals surface area contributed by atoms with Gasteiger partial charge in [-0.05, 0) is 26.0 Å². The lowest BCUT2D eigenvalue weighted by Crippen LogP contribution is -2.49. The first kappa shape index (κ1) is 18.3. The van der Waals surface area contributed by atoms with Gasteiger partial charge in [0.05, 0.1) is 18.1 Å². The van der Waals surface area contributed by atoms with Crippen molar-refractivity contribution in [3.63, 3.8) is 0 Å². The highest BCUT2D eigenvalue weighted by atomic mass is 16.2. The molecule has 0 radical (unpaired) electrons. The van der Waals surface area contributed by atoms with Crippen LogP contribution < -0.4 is 9.80 Å². The highest BCUT2D eigenvalue weighted by Gasteiger charge is 2.19. The summed E-state index contributed by atoms with van der Waals surface area (Å²) in [6, 6.07) is 8.39. The van der Waals surface area contributed by atoms with Crippen molar-refractivity contribution in [2.45, 2.75) is 26.8 Å². The quantitative estimate of drug-likeness (QED) is 0.846. The fraction of sp³-hybridized carbons (Fsp3) is 0.450. The first-order valence-electron chi connectivity index (χ1n) is 9.11. The maximum absolute atomic E-state index is 11.4. The predicted molar refractivity (Wildman–Crippen MR) is 105 cm³/mol. The summed E-state index contributed by atoms with van der Waals surface area (Å²) in [5.41, 5.74) is 2.70. The van der Waals surface area contributed by atoms with E-state index < -0.39 is 0 Å². The molecule has 1 aromatic carbocycles. The van der Waals surface area contributed by atoms with E-state index in [4.69, 9.17) is 0 Å². The highest BCUT2D eigenvalue weighted by molar-refractivity contribution is 5.91. The van der Waals surface area contributed by atoms with Gasteiger partial charge in [-0.25, -0.2) is 4.98 Å². The minimum atomic E-state index is 0.0134. The summed E-state index contributed by atoms with van der Waals surface area (Å²) in [4.78, 5) is 27.0. The number of carbonyl (C=O) groups is 1. The van der Waals surface area contributed by atoms with Crippen molar-refractivity contribution in [3.8, 4) is 11.3 Å². The minimum Gasteiger partial charge on any atom is -0.353 e. The second-order valence-corrected chi connectivity index (χ2v) is 7.00. The molecule has 26 heavy (non-hydrogen) atoms. The van der Waals surface area contributed by atoms with Crippen LogP contribution >= 0.6 is 0 Å². The summed E-state index contributed by atoms with van der Waals surface area (Å²) >= 11 is 0. The molecule has 0 saturated carbocycles. The standard InChI is InChI=1S/C20H27N5O/c1-15(2)24-9-11-25(12-10-24)20-14-21-19(13-22-20)17-5-7-18(8-6-17)23(4)16(3)26/h5-8,13-15H,9-12H2,1-4H3. The monoisotopic (exact) mass is 353 g/mol. The molecule has 1 amide bonds. The molecule has 1 fully saturated rings. The zero-order valence-electron chi connectivity index (χ0n) is 16.0. The van der Waals surface area contributed by atoms with Crippen LogP contribution in [0, 0.1) is 0 Å². The fourth-order valence-electron chi connectivity index (χ4n) is 3.14. The van der Waals surface area contributed by atoms with E-state index in [0.717, 1.165) is 48.9 Å². The molecular weight excluding hydrogens is 326 g/mol. The molecule has 1 aromatic heterocycles. The van der Waals surface area contributed by atoms with E-state index in [1.807, 2.05) is 36.7 Å². The maximum Gasteiger partial charge on any atom is 0.223 e. The third kappa shape index (κ3) is 4.02. The molecule has 0 spiro atoms. The lowest BCUT2D eigenvalue weighted by Gasteiger charge is -2.37. The number of anilines is 2. The van der Waals surface area contributed by atoms with Crippen molar-refractivity contribution in [2.24, 2.45) is 0 Å². The van der Waals surface area contributed by atoms with Crippen LogP contribution in [-0.2, 0) is 4.79 Å². The Morgan fingerprint density at radius 2 is 1.69 bits per heavy atom. The molecule has 2 aromatic rings. The number of amides is 1. The van der Waals surface area contributed by atoms with Crippen molar-refractivity contribution in [3.05, 3.63) is 36.7 Å². The van der Waals surface area contributed by atoms with E-state index in [1.54, 1.807) is 18.9 Å². The third-order valence-electron chi connectivity index (χ3n) is 5.03. The van der Waals surface area contributed by atoms with Crippen LogP contribution in [0.2, 0.25) is 0 Å². The summed E-state index contributed by atoms with van der Waals surface area (Å²) in [6.45, 7) is 10.1. The molecule has 2 heterocycles. The third-order valence-corrected chi connectivity index (χ3v) is 5.03. The Labute approximate surface area is 155 Å². The molecular formula is C20H27N5O. The van der Waals surface area contributed by atoms with Gasteiger partial charge in [0.1, 0.15) is 5.82 Å². The molecule has 6 heteroatoms. The Morgan fingerprint density at radius 3 is 2.19 bits per heavy atom. The van der Waals surface area contributed by atoms with Gasteiger partial charge in [-0.1, -0.05) is 12.1 Å². The molecule has 0 aliphatic carbocycles. The number of nitrogens with zero attached hydrogens (tertiary/aromatic N) is 5. The van der Waals surface area contributed by atoms with Crippen LogP contribution in [0.3, 0.4) is 0 Å². The van der Waals surface area contributed by atoms with Gasteiger partial charge in [-0.3, -0.25) is 14.7 Å². The number of rotatable bonds is 4. The van der Waals surface area contributed by atoms with Gasteiger partial charge in [-0.15, -0.1) is 0 Å². The summed E-state index contributed by atoms with van der Waals surface area (Å²) in [5, 5.41) is 0. The maximum atomic E-state index is 11.4. The van der Waals surface area contributed by atoms with E-state index >= 15 is 0 Å². The molecule has 1 saturated heterocycles. The molecule has 0 unspecified atom stereocenters. The average molecular weight is 353 g/mol. The van der Waals surface area contributed by atoms with E-state index in [2.05, 4.69) is 33.6 Å². The predicted octanol–water partition coefficient (Wildman–Crippen LogP) is 2.66. The number of benzene rings is 1. The lowest BCUT2D eigenvalue weighted by molar-refractivity contribution is -0.116. The summed E-state index contributed by atoms with van der Waals surface area (Å²) < 4.78 is 0. The van der Waals surface area contributed by atoms with Crippen molar-refractivity contribution < 1.29 is 4.79 Å². The second kappa shape index (κ2) is 7.83. The molecule has 1 aliphatic rings. The van der Waals surface area contributed by atoms with Crippen molar-refractivity contribution in [1.29, 1.82) is 0 Å². The molecule has 0 N–H and O–H groups in total. The molecule has 3 rings (SSSR count). The van der Waals surface area contributed by atoms with Gasteiger partial charge >= 0.3 is 0 Å². The summed E-state index contributed by atoms with van der Waals surface area (Å²) in [6.07, 6.45) is 3.68. The minimum absolute atomic E-state index is 0.0134. The van der Waals surface area contributed by atoms with Crippen LogP contribution in [0.4, 0.5) is 11.5 Å². The topological polar surface area (TPSA) is 52.6 Å². The lowest BCUT2D eigenvalue weighted by atomic mass is 10.1. The van der Waals surface area contributed by atoms with Gasteiger partial charge in [0.15, 0.2) is 0 Å². The fourth-order valence-corrected chi connectivity index (χ4v) is 3.14. The van der Waals surface area contributed by atoms with Crippen molar-refractivity contribution in [2.75, 3.05) is 43.0 Å². The first-order valence-corrected chi connectivity index (χ1v) is 9.11. The SMILES string of the molecule is CC(=O)N(C)c1ccc(-c2cnc(N3CCN(C(C)C)CC3)cn2)cc1. The normalized spacial score (nSPS) is 15.3. The summed E-state index contributed by atoms with van der Waals surface area (Å²) in [5.74, 6) is 0.949. The van der Waals surface area contributed by atoms with Crippen LogP contribution in [0.15, 0.2) is 36.7 Å². The van der Waals surface area contributed by atoms with E-state index in [1.165, 1.54) is 0 Å². The van der Waals surface area contributed by atoms with Gasteiger partial charge < -0.3 is 9.80 Å². The Morgan fingerprint density at radius 1 is 1.04 bits per heavy atom. The summed E-state index contributed by atoms with van der Waals surface area (Å²) in [7, 11) is 1.77. The zero-order valence-corrected chi connectivity index (χ0v) is 16.0. The molecule has 138 valence electrons. The van der Waals surface area contributed by atoms with E-state index in [9.17, 15) is 4.79 Å². The first-order chi connectivity index (χ1) is 12.5. The van der Waals surface area contributed by atoms with Crippen LogP contribution in [0.1, 0.15) is 20.8 Å². The average Bonchev–Trinajstić information content (AvgIpc) is 2.67. The van der Waals surface area contributed by atoms with Gasteiger partial charge in [0.2, 0.25) is 5.91 Å². The van der Waals surface area contributed by atoms with Crippen LogP contribution in [-0.4, -0.2) is 60.0 Å². The highest BCUT2D eigenvalue weighted by Crippen LogP contribution is 2.22. The molecule has 0 bridgehead atoms. The second-order valence-electron chi connectivity index (χ2n) is 7.00. The molecule has 0 atom stereocenters. The Hall–Kier alpha value is -2.47. The zero-order chi connectivity index (χ0) is 18.7. The van der Waals surface area contributed by atoms with Crippen LogP contribution in [0.25, 0.3) is 11.3 Å². The van der Waals surface area contributed by atoms with Gasteiger partial charge in [-0.2, -0.15) is 0 Å². The Balaban J connectivity index is 1.67. The smallest absolute Gasteiger partial charge is 0.223 e. The number of piperazine rings is 1.